The minimum absolute atomic E-state index is 0.181. The lowest BCUT2D eigenvalue weighted by atomic mass is 10.2. The molecule has 0 radical (unpaired) electrons. The van der Waals surface area contributed by atoms with E-state index in [-0.39, 0.29) is 4.95 Å². The number of alkyl halides is 1. The third kappa shape index (κ3) is 2.73. The number of carboxylic acids is 1. The van der Waals surface area contributed by atoms with Gasteiger partial charge < -0.3 is 10.0 Å². The van der Waals surface area contributed by atoms with E-state index in [0.29, 0.717) is 13.1 Å². The number of benzene rings is 1. The number of aliphatic carboxylic acids is 1. The lowest BCUT2D eigenvalue weighted by Crippen LogP contribution is -2.56. The second-order valence-corrected chi connectivity index (χ2v) is 5.32. The molecule has 1 saturated heterocycles. The first-order valence-corrected chi connectivity index (χ1v) is 6.46. The quantitative estimate of drug-likeness (QED) is 0.515. The van der Waals surface area contributed by atoms with Crippen LogP contribution in [0.3, 0.4) is 0 Å². The number of carboxylic acid groups (broad SMARTS) is 1. The molecule has 0 aromatic heterocycles. The molecule has 92 valence electrons. The molecule has 1 fully saturated rings. The highest BCUT2D eigenvalue weighted by atomic mass is 79.9. The van der Waals surface area contributed by atoms with Gasteiger partial charge in [-0.05, 0) is 23.9 Å². The molecule has 0 saturated carbocycles. The Labute approximate surface area is 113 Å². The smallest absolute Gasteiger partial charge is 0.324 e. The first-order valence-electron chi connectivity index (χ1n) is 5.20. The predicted molar refractivity (Wildman–Crippen MR) is 70.5 cm³/mol. The van der Waals surface area contributed by atoms with E-state index < -0.39 is 12.0 Å². The molecule has 6 heteroatoms. The van der Waals surface area contributed by atoms with Crippen LogP contribution in [0.4, 0.5) is 5.69 Å². The molecule has 1 heterocycles. The maximum atomic E-state index is 11.1. The fourth-order valence-electron chi connectivity index (χ4n) is 1.85. The van der Waals surface area contributed by atoms with E-state index in [1.165, 1.54) is 4.42 Å². The minimum Gasteiger partial charge on any atom is -0.480 e. The molecule has 0 aliphatic carbocycles. The monoisotopic (exact) mass is 318 g/mol. The SMILES string of the molecule is O=C(O)C1CN(c2ccccc2)CC(Br)N1Cl. The Bertz CT molecular complexity index is 404. The van der Waals surface area contributed by atoms with Crippen LogP contribution in [0, 0.1) is 0 Å². The number of piperazine rings is 1. The summed E-state index contributed by atoms with van der Waals surface area (Å²) in [5.41, 5.74) is 1.01. The third-order valence-corrected chi connectivity index (χ3v) is 4.17. The Balaban J connectivity index is 2.19. The number of carbonyl (C=O) groups is 1. The van der Waals surface area contributed by atoms with Gasteiger partial charge in [-0.3, -0.25) is 4.79 Å². The second-order valence-electron chi connectivity index (χ2n) is 3.87. The average molecular weight is 320 g/mol. The van der Waals surface area contributed by atoms with Gasteiger partial charge in [-0.2, -0.15) is 4.42 Å². The molecule has 1 aliphatic heterocycles. The van der Waals surface area contributed by atoms with E-state index in [4.69, 9.17) is 16.9 Å². The number of halogens is 2. The van der Waals surface area contributed by atoms with Gasteiger partial charge in [-0.25, -0.2) is 0 Å². The van der Waals surface area contributed by atoms with Crippen LogP contribution >= 0.6 is 27.7 Å². The maximum Gasteiger partial charge on any atom is 0.324 e. The van der Waals surface area contributed by atoms with Crippen molar-refractivity contribution >= 4 is 39.4 Å². The van der Waals surface area contributed by atoms with Crippen molar-refractivity contribution in [2.75, 3.05) is 18.0 Å². The zero-order valence-electron chi connectivity index (χ0n) is 8.96. The summed E-state index contributed by atoms with van der Waals surface area (Å²) in [4.78, 5) is 12.9. The van der Waals surface area contributed by atoms with Crippen LogP contribution in [-0.2, 0) is 4.79 Å². The van der Waals surface area contributed by atoms with Gasteiger partial charge in [0.05, 0.1) is 4.95 Å². The van der Waals surface area contributed by atoms with Crippen molar-refractivity contribution < 1.29 is 9.90 Å². The van der Waals surface area contributed by atoms with Gasteiger partial charge >= 0.3 is 5.97 Å². The van der Waals surface area contributed by atoms with Gasteiger partial charge in [0.1, 0.15) is 6.04 Å². The molecule has 2 atom stereocenters. The van der Waals surface area contributed by atoms with Crippen molar-refractivity contribution in [2.45, 2.75) is 11.0 Å². The zero-order valence-corrected chi connectivity index (χ0v) is 11.3. The lowest BCUT2D eigenvalue weighted by molar-refractivity contribution is -0.141. The molecule has 1 aliphatic rings. The molecular weight excluding hydrogens is 307 g/mol. The van der Waals surface area contributed by atoms with E-state index in [1.54, 1.807) is 0 Å². The summed E-state index contributed by atoms with van der Waals surface area (Å²) in [6, 6.07) is 9.00. The normalized spacial score (nSPS) is 25.9. The highest BCUT2D eigenvalue weighted by Gasteiger charge is 2.36. The van der Waals surface area contributed by atoms with Crippen LogP contribution in [0.2, 0.25) is 0 Å². The van der Waals surface area contributed by atoms with Gasteiger partial charge in [-0.1, -0.05) is 34.1 Å². The Morgan fingerprint density at radius 1 is 1.35 bits per heavy atom. The van der Waals surface area contributed by atoms with Crippen molar-refractivity contribution in [2.24, 2.45) is 0 Å². The van der Waals surface area contributed by atoms with Crippen LogP contribution in [0.1, 0.15) is 0 Å². The third-order valence-electron chi connectivity index (χ3n) is 2.74. The number of para-hydroxylation sites is 1. The first-order chi connectivity index (χ1) is 8.09. The molecule has 0 bridgehead atoms. The van der Waals surface area contributed by atoms with Crippen LogP contribution in [0.5, 0.6) is 0 Å². The summed E-state index contributed by atoms with van der Waals surface area (Å²) in [5.74, 6) is -0.912. The largest absolute Gasteiger partial charge is 0.480 e. The maximum absolute atomic E-state index is 11.1. The molecule has 4 nitrogen and oxygen atoms in total. The number of nitrogens with zero attached hydrogens (tertiary/aromatic N) is 2. The molecule has 2 unspecified atom stereocenters. The molecule has 1 N–H and O–H groups in total. The first kappa shape index (κ1) is 12.7. The van der Waals surface area contributed by atoms with E-state index in [0.717, 1.165) is 5.69 Å². The van der Waals surface area contributed by atoms with Crippen molar-refractivity contribution in [1.82, 2.24) is 4.42 Å². The molecular formula is C11H12BrClN2O2. The van der Waals surface area contributed by atoms with Crippen molar-refractivity contribution in [3.8, 4) is 0 Å². The topological polar surface area (TPSA) is 43.8 Å². The Hall–Kier alpha value is -0.780. The van der Waals surface area contributed by atoms with Gasteiger partial charge in [0.25, 0.3) is 0 Å². The molecule has 1 aromatic carbocycles. The van der Waals surface area contributed by atoms with Gasteiger partial charge in [0, 0.05) is 18.8 Å². The average Bonchev–Trinajstić information content (AvgIpc) is 2.33. The van der Waals surface area contributed by atoms with E-state index in [1.807, 2.05) is 35.2 Å². The van der Waals surface area contributed by atoms with Crippen LogP contribution in [0.25, 0.3) is 0 Å². The van der Waals surface area contributed by atoms with Gasteiger partial charge in [0.2, 0.25) is 0 Å². The summed E-state index contributed by atoms with van der Waals surface area (Å²) in [5, 5.41) is 9.12. The summed E-state index contributed by atoms with van der Waals surface area (Å²) < 4.78 is 1.32. The van der Waals surface area contributed by atoms with Crippen LogP contribution in [0.15, 0.2) is 30.3 Å². The van der Waals surface area contributed by atoms with Gasteiger partial charge in [0.15, 0.2) is 0 Å². The fourth-order valence-corrected chi connectivity index (χ4v) is 2.69. The van der Waals surface area contributed by atoms with E-state index in [9.17, 15) is 4.79 Å². The summed E-state index contributed by atoms with van der Waals surface area (Å²) in [7, 11) is 0. The fraction of sp³-hybridized carbons (Fsp3) is 0.364. The lowest BCUT2D eigenvalue weighted by Gasteiger charge is -2.40. The predicted octanol–water partition coefficient (Wildman–Crippen LogP) is 2.14. The number of hydrogen-bond acceptors (Lipinski definition) is 3. The highest BCUT2D eigenvalue weighted by molar-refractivity contribution is 9.09. The zero-order chi connectivity index (χ0) is 12.4. The highest BCUT2D eigenvalue weighted by Crippen LogP contribution is 2.26. The molecule has 0 amide bonds. The molecule has 2 rings (SSSR count). The number of hydrogen-bond donors (Lipinski definition) is 1. The summed E-state index contributed by atoms with van der Waals surface area (Å²) in [6.07, 6.45) is 0. The standard InChI is InChI=1S/C11H12BrClN2O2/c12-10-7-14(8-4-2-1-3-5-8)6-9(11(16)17)15(10)13/h1-5,9-10H,6-7H2,(H,16,17). The number of rotatable bonds is 2. The van der Waals surface area contributed by atoms with Crippen molar-refractivity contribution in [3.05, 3.63) is 30.3 Å². The molecule has 0 spiro atoms. The van der Waals surface area contributed by atoms with E-state index >= 15 is 0 Å². The summed E-state index contributed by atoms with van der Waals surface area (Å²) >= 11 is 9.35. The van der Waals surface area contributed by atoms with Crippen molar-refractivity contribution in [3.63, 3.8) is 0 Å². The summed E-state index contributed by atoms with van der Waals surface area (Å²) in [6.45, 7) is 1.03. The van der Waals surface area contributed by atoms with Crippen LogP contribution in [-0.4, -0.2) is 39.6 Å². The second kappa shape index (κ2) is 5.25. The van der Waals surface area contributed by atoms with E-state index in [2.05, 4.69) is 15.9 Å². The molecule has 17 heavy (non-hydrogen) atoms. The Morgan fingerprint density at radius 3 is 2.59 bits per heavy atom. The van der Waals surface area contributed by atoms with Gasteiger partial charge in [-0.15, -0.1) is 0 Å². The molecule has 1 aromatic rings. The Kier molecular flexibility index (Phi) is 3.91. The number of anilines is 1. The Morgan fingerprint density at radius 2 is 2.00 bits per heavy atom. The van der Waals surface area contributed by atoms with Crippen molar-refractivity contribution in [1.29, 1.82) is 0 Å². The minimum atomic E-state index is -0.912. The van der Waals surface area contributed by atoms with Crippen LogP contribution < -0.4 is 4.90 Å².